The molecule has 0 amide bonds. The fraction of sp³-hybridized carbons (Fsp3) is 0.182. The van der Waals surface area contributed by atoms with Gasteiger partial charge in [-0.1, -0.05) is 41.9 Å². The zero-order chi connectivity index (χ0) is 11.4. The Morgan fingerprint density at radius 2 is 2.06 bits per heavy atom. The number of aromatic nitrogens is 2. The first-order valence-electron chi connectivity index (χ1n) is 4.97. The Labute approximate surface area is 98.3 Å². The van der Waals surface area contributed by atoms with E-state index in [0.29, 0.717) is 23.3 Å². The van der Waals surface area contributed by atoms with Crippen molar-refractivity contribution in [3.8, 4) is 11.4 Å². The number of halogens is 1. The van der Waals surface area contributed by atoms with E-state index in [0.717, 1.165) is 5.56 Å². The molecular weight excluding hydrogens is 226 g/mol. The quantitative estimate of drug-likeness (QED) is 0.764. The molecule has 0 radical (unpaired) electrons. The number of benzene rings is 1. The molecule has 0 aliphatic carbocycles. The summed E-state index contributed by atoms with van der Waals surface area (Å²) >= 11 is 5.97. The van der Waals surface area contributed by atoms with Crippen molar-refractivity contribution in [3.63, 3.8) is 0 Å². The van der Waals surface area contributed by atoms with Crippen LogP contribution >= 0.6 is 11.6 Å². The van der Waals surface area contributed by atoms with Gasteiger partial charge in [0.15, 0.2) is 11.0 Å². The van der Waals surface area contributed by atoms with Crippen LogP contribution in [0.5, 0.6) is 0 Å². The zero-order valence-corrected chi connectivity index (χ0v) is 9.33. The third kappa shape index (κ3) is 2.35. The molecule has 1 heterocycles. The Morgan fingerprint density at radius 1 is 1.31 bits per heavy atom. The summed E-state index contributed by atoms with van der Waals surface area (Å²) in [7, 11) is 0. The number of nitrogens with zero attached hydrogens (tertiary/aromatic N) is 1. The highest BCUT2D eigenvalue weighted by Gasteiger charge is 2.08. The summed E-state index contributed by atoms with van der Waals surface area (Å²) in [5.41, 5.74) is 0.974. The molecule has 0 aliphatic heterocycles. The van der Waals surface area contributed by atoms with Gasteiger partial charge in [-0.05, 0) is 0 Å². The van der Waals surface area contributed by atoms with Crippen LogP contribution in [0, 0.1) is 0 Å². The Balaban J connectivity index is 2.24. The summed E-state index contributed by atoms with van der Waals surface area (Å²) in [4.78, 5) is 7.29. The maximum Gasteiger partial charge on any atom is 0.164 e. The molecule has 5 heteroatoms. The van der Waals surface area contributed by atoms with E-state index in [2.05, 4.69) is 15.3 Å². The maximum absolute atomic E-state index is 8.70. The van der Waals surface area contributed by atoms with Crippen LogP contribution in [0.4, 0.5) is 5.82 Å². The van der Waals surface area contributed by atoms with Crippen molar-refractivity contribution < 1.29 is 5.11 Å². The minimum Gasteiger partial charge on any atom is -0.395 e. The van der Waals surface area contributed by atoms with E-state index in [9.17, 15) is 0 Å². The summed E-state index contributed by atoms with van der Waals surface area (Å²) in [6.45, 7) is 0.475. The van der Waals surface area contributed by atoms with Crippen LogP contribution in [0.2, 0.25) is 5.15 Å². The number of hydrogen-bond donors (Lipinski definition) is 3. The van der Waals surface area contributed by atoms with Gasteiger partial charge in [-0.15, -0.1) is 0 Å². The SMILES string of the molecule is OCCNc1nc(-c2ccccc2)[nH]c1Cl. The summed E-state index contributed by atoms with van der Waals surface area (Å²) in [5.74, 6) is 1.28. The lowest BCUT2D eigenvalue weighted by Gasteiger charge is -1.98. The van der Waals surface area contributed by atoms with Crippen molar-refractivity contribution in [1.82, 2.24) is 9.97 Å². The van der Waals surface area contributed by atoms with E-state index in [-0.39, 0.29) is 6.61 Å². The molecule has 84 valence electrons. The Bertz CT molecular complexity index is 456. The molecular formula is C11H12ClN3O. The highest BCUT2D eigenvalue weighted by Crippen LogP contribution is 2.24. The number of aromatic amines is 1. The van der Waals surface area contributed by atoms with Gasteiger partial charge >= 0.3 is 0 Å². The minimum absolute atomic E-state index is 0.0455. The summed E-state index contributed by atoms with van der Waals surface area (Å²) in [6.07, 6.45) is 0. The highest BCUT2D eigenvalue weighted by molar-refractivity contribution is 6.32. The molecule has 2 aromatic rings. The van der Waals surface area contributed by atoms with Gasteiger partial charge in [0, 0.05) is 12.1 Å². The van der Waals surface area contributed by atoms with Crippen molar-refractivity contribution in [2.24, 2.45) is 0 Å². The van der Waals surface area contributed by atoms with Crippen LogP contribution in [0.1, 0.15) is 0 Å². The molecule has 0 aliphatic rings. The van der Waals surface area contributed by atoms with Crippen molar-refractivity contribution in [2.75, 3.05) is 18.5 Å². The third-order valence-electron chi connectivity index (χ3n) is 2.11. The molecule has 16 heavy (non-hydrogen) atoms. The summed E-state index contributed by atoms with van der Waals surface area (Å²) < 4.78 is 0. The predicted molar refractivity (Wildman–Crippen MR) is 64.6 cm³/mol. The molecule has 2 rings (SSSR count). The molecule has 1 aromatic carbocycles. The van der Waals surface area contributed by atoms with Crippen molar-refractivity contribution >= 4 is 17.4 Å². The second-order valence-corrected chi connectivity index (χ2v) is 3.64. The maximum atomic E-state index is 8.70. The molecule has 0 bridgehead atoms. The number of aliphatic hydroxyl groups excluding tert-OH is 1. The average Bonchev–Trinajstić information content (AvgIpc) is 2.69. The van der Waals surface area contributed by atoms with Gasteiger partial charge < -0.3 is 15.4 Å². The second kappa shape index (κ2) is 5.01. The first-order valence-corrected chi connectivity index (χ1v) is 5.34. The van der Waals surface area contributed by atoms with Gasteiger partial charge in [0.25, 0.3) is 0 Å². The smallest absolute Gasteiger partial charge is 0.164 e. The van der Waals surface area contributed by atoms with E-state index in [1.165, 1.54) is 0 Å². The lowest BCUT2D eigenvalue weighted by atomic mass is 10.2. The number of nitrogens with one attached hydrogen (secondary N) is 2. The lowest BCUT2D eigenvalue weighted by Crippen LogP contribution is -2.05. The van der Waals surface area contributed by atoms with Crippen LogP contribution in [-0.2, 0) is 0 Å². The Kier molecular flexibility index (Phi) is 3.44. The van der Waals surface area contributed by atoms with Crippen molar-refractivity contribution in [3.05, 3.63) is 35.5 Å². The van der Waals surface area contributed by atoms with Gasteiger partial charge in [0.2, 0.25) is 0 Å². The van der Waals surface area contributed by atoms with E-state index in [1.807, 2.05) is 30.3 Å². The van der Waals surface area contributed by atoms with E-state index in [4.69, 9.17) is 16.7 Å². The Hall–Kier alpha value is -1.52. The lowest BCUT2D eigenvalue weighted by molar-refractivity contribution is 0.311. The average molecular weight is 238 g/mol. The zero-order valence-electron chi connectivity index (χ0n) is 8.57. The number of H-pyrrole nitrogens is 1. The molecule has 0 unspecified atom stereocenters. The molecule has 4 nitrogen and oxygen atoms in total. The van der Waals surface area contributed by atoms with Gasteiger partial charge in [-0.25, -0.2) is 4.98 Å². The fourth-order valence-corrected chi connectivity index (χ4v) is 1.57. The third-order valence-corrected chi connectivity index (χ3v) is 2.38. The molecule has 1 aromatic heterocycles. The monoisotopic (exact) mass is 237 g/mol. The molecule has 0 saturated heterocycles. The van der Waals surface area contributed by atoms with Gasteiger partial charge in [0.1, 0.15) is 5.82 Å². The predicted octanol–water partition coefficient (Wildman–Crippen LogP) is 2.13. The van der Waals surface area contributed by atoms with Crippen molar-refractivity contribution in [2.45, 2.75) is 0 Å². The number of hydrogen-bond acceptors (Lipinski definition) is 3. The summed E-state index contributed by atoms with van der Waals surface area (Å²) in [5, 5.41) is 12.1. The van der Waals surface area contributed by atoms with Crippen LogP contribution in [0.25, 0.3) is 11.4 Å². The molecule has 0 fully saturated rings. The van der Waals surface area contributed by atoms with Crippen LogP contribution in [-0.4, -0.2) is 28.2 Å². The molecule has 3 N–H and O–H groups in total. The summed E-state index contributed by atoms with van der Waals surface area (Å²) in [6, 6.07) is 9.72. The highest BCUT2D eigenvalue weighted by atomic mass is 35.5. The van der Waals surface area contributed by atoms with Crippen molar-refractivity contribution in [1.29, 1.82) is 0 Å². The van der Waals surface area contributed by atoms with E-state index >= 15 is 0 Å². The first kappa shape index (κ1) is 11.0. The number of imidazole rings is 1. The minimum atomic E-state index is 0.0455. The van der Waals surface area contributed by atoms with Crippen LogP contribution in [0.15, 0.2) is 30.3 Å². The van der Waals surface area contributed by atoms with E-state index < -0.39 is 0 Å². The number of aliphatic hydroxyl groups is 1. The standard InChI is InChI=1S/C11H12ClN3O/c12-9-11(13-6-7-16)15-10(14-9)8-4-2-1-3-5-8/h1-5,13,16H,6-7H2,(H,14,15). The molecule has 0 spiro atoms. The Morgan fingerprint density at radius 3 is 2.75 bits per heavy atom. The number of anilines is 1. The molecule has 0 saturated carbocycles. The van der Waals surface area contributed by atoms with E-state index in [1.54, 1.807) is 0 Å². The van der Waals surface area contributed by atoms with Gasteiger partial charge in [-0.3, -0.25) is 0 Å². The largest absolute Gasteiger partial charge is 0.395 e. The van der Waals surface area contributed by atoms with Gasteiger partial charge in [-0.2, -0.15) is 0 Å². The fourth-order valence-electron chi connectivity index (χ4n) is 1.38. The van der Waals surface area contributed by atoms with Crippen LogP contribution < -0.4 is 5.32 Å². The first-order chi connectivity index (χ1) is 7.81. The normalized spacial score (nSPS) is 10.4. The van der Waals surface area contributed by atoms with Gasteiger partial charge in [0.05, 0.1) is 6.61 Å². The number of rotatable bonds is 4. The topological polar surface area (TPSA) is 60.9 Å². The second-order valence-electron chi connectivity index (χ2n) is 3.26. The van der Waals surface area contributed by atoms with Crippen LogP contribution in [0.3, 0.4) is 0 Å². The molecule has 0 atom stereocenters.